The molecule has 2 heterocycles. The van der Waals surface area contributed by atoms with E-state index in [1.807, 2.05) is 30.5 Å². The zero-order valence-electron chi connectivity index (χ0n) is 17.1. The molecule has 1 fully saturated rings. The molecule has 1 aromatic carbocycles. The molecule has 1 amide bonds. The van der Waals surface area contributed by atoms with E-state index in [1.54, 1.807) is 24.0 Å². The Morgan fingerprint density at radius 1 is 1.10 bits per heavy atom. The zero-order valence-corrected chi connectivity index (χ0v) is 18.8. The maximum Gasteiger partial charge on any atom is 0.243 e. The lowest BCUT2D eigenvalue weighted by Crippen LogP contribution is -2.41. The van der Waals surface area contributed by atoms with Crippen molar-refractivity contribution < 1.29 is 13.2 Å². The van der Waals surface area contributed by atoms with Crippen LogP contribution in [0.4, 0.5) is 5.69 Å². The number of sulfonamides is 1. The van der Waals surface area contributed by atoms with Crippen LogP contribution in [0.2, 0.25) is 0 Å². The van der Waals surface area contributed by atoms with Crippen molar-refractivity contribution in [1.82, 2.24) is 9.29 Å². The minimum Gasteiger partial charge on any atom is -0.324 e. The first-order valence-corrected chi connectivity index (χ1v) is 13.1. The van der Waals surface area contributed by atoms with Gasteiger partial charge in [-0.05, 0) is 80.2 Å². The predicted molar refractivity (Wildman–Crippen MR) is 119 cm³/mol. The summed E-state index contributed by atoms with van der Waals surface area (Å²) in [6.45, 7) is 0.725. The number of benzene rings is 1. The van der Waals surface area contributed by atoms with Crippen molar-refractivity contribution in [2.45, 2.75) is 48.4 Å². The van der Waals surface area contributed by atoms with E-state index >= 15 is 0 Å². The number of thioether (sulfide) groups is 1. The topological polar surface area (TPSA) is 79.4 Å². The number of hydrogen-bond donors (Lipinski definition) is 1. The van der Waals surface area contributed by atoms with Crippen LogP contribution in [-0.4, -0.2) is 43.0 Å². The van der Waals surface area contributed by atoms with Crippen LogP contribution in [0.1, 0.15) is 36.8 Å². The summed E-state index contributed by atoms with van der Waals surface area (Å²) in [5, 5.41) is 3.80. The summed E-state index contributed by atoms with van der Waals surface area (Å²) in [5.74, 6) is -0.264. The quantitative estimate of drug-likeness (QED) is 0.710. The van der Waals surface area contributed by atoms with Crippen LogP contribution in [-0.2, 0) is 27.7 Å². The van der Waals surface area contributed by atoms with Crippen molar-refractivity contribution >= 4 is 33.4 Å². The Balaban J connectivity index is 1.38. The van der Waals surface area contributed by atoms with Crippen molar-refractivity contribution in [3.63, 3.8) is 0 Å². The van der Waals surface area contributed by atoms with E-state index in [0.717, 1.165) is 29.9 Å². The van der Waals surface area contributed by atoms with Crippen LogP contribution >= 0.6 is 11.8 Å². The van der Waals surface area contributed by atoms with Gasteiger partial charge < -0.3 is 5.32 Å². The second kappa shape index (κ2) is 9.08. The van der Waals surface area contributed by atoms with Crippen molar-refractivity contribution in [2.24, 2.45) is 5.92 Å². The molecule has 4 rings (SSSR count). The molecule has 30 heavy (non-hydrogen) atoms. The lowest BCUT2D eigenvalue weighted by atomic mass is 9.92. The number of nitrogens with one attached hydrogen (secondary N) is 1. The maximum absolute atomic E-state index is 13.1. The molecule has 0 saturated carbocycles. The summed E-state index contributed by atoms with van der Waals surface area (Å²) in [6, 6.07) is 9.27. The number of fused-ring (bicyclic) bond motifs is 1. The highest BCUT2D eigenvalue weighted by Crippen LogP contribution is 2.28. The van der Waals surface area contributed by atoms with Crippen LogP contribution in [0.3, 0.4) is 0 Å². The molecule has 1 saturated heterocycles. The normalized spacial score (nSPS) is 18.0. The molecule has 2 aliphatic rings. The first kappa shape index (κ1) is 21.3. The van der Waals surface area contributed by atoms with E-state index in [0.29, 0.717) is 36.5 Å². The Bertz CT molecular complexity index is 1010. The first-order valence-electron chi connectivity index (χ1n) is 10.4. The minimum atomic E-state index is -3.52. The fraction of sp³-hybridized carbons (Fsp3) is 0.455. The number of hydrogen-bond acceptors (Lipinski definition) is 5. The van der Waals surface area contributed by atoms with E-state index in [-0.39, 0.29) is 11.8 Å². The lowest BCUT2D eigenvalue weighted by Gasteiger charge is -2.31. The van der Waals surface area contributed by atoms with Gasteiger partial charge in [0.1, 0.15) is 0 Å². The Labute approximate surface area is 182 Å². The summed E-state index contributed by atoms with van der Waals surface area (Å²) >= 11 is 1.55. The van der Waals surface area contributed by atoms with Gasteiger partial charge >= 0.3 is 0 Å². The number of carbonyl (C=O) groups excluding carboxylic acids is 1. The predicted octanol–water partition coefficient (Wildman–Crippen LogP) is 3.72. The summed E-state index contributed by atoms with van der Waals surface area (Å²) in [7, 11) is -3.52. The molecule has 0 unspecified atom stereocenters. The Morgan fingerprint density at radius 2 is 1.83 bits per heavy atom. The lowest BCUT2D eigenvalue weighted by molar-refractivity contribution is -0.120. The average Bonchev–Trinajstić information content (AvgIpc) is 2.79. The number of carbonyl (C=O) groups is 1. The van der Waals surface area contributed by atoms with Gasteiger partial charge in [-0.1, -0.05) is 6.07 Å². The van der Waals surface area contributed by atoms with Gasteiger partial charge in [0.2, 0.25) is 15.9 Å². The third-order valence-corrected chi connectivity index (χ3v) is 8.55. The van der Waals surface area contributed by atoms with Crippen molar-refractivity contribution in [2.75, 3.05) is 24.7 Å². The van der Waals surface area contributed by atoms with E-state index in [9.17, 15) is 13.2 Å². The van der Waals surface area contributed by atoms with E-state index in [1.165, 1.54) is 16.3 Å². The van der Waals surface area contributed by atoms with Gasteiger partial charge in [-0.25, -0.2) is 13.4 Å². The van der Waals surface area contributed by atoms with Crippen molar-refractivity contribution in [3.05, 3.63) is 47.7 Å². The Morgan fingerprint density at radius 3 is 2.50 bits per heavy atom. The van der Waals surface area contributed by atoms with Gasteiger partial charge in [0.25, 0.3) is 0 Å². The third-order valence-electron chi connectivity index (χ3n) is 6.00. The number of rotatable bonds is 5. The average molecular weight is 446 g/mol. The van der Waals surface area contributed by atoms with E-state index < -0.39 is 10.0 Å². The van der Waals surface area contributed by atoms with Gasteiger partial charge in [0, 0.05) is 19.0 Å². The zero-order chi connectivity index (χ0) is 21.1. The summed E-state index contributed by atoms with van der Waals surface area (Å²) in [5.41, 5.74) is 3.11. The molecule has 0 radical (unpaired) electrons. The highest BCUT2D eigenvalue weighted by atomic mass is 32.2. The summed E-state index contributed by atoms with van der Waals surface area (Å²) in [4.78, 5) is 17.2. The largest absolute Gasteiger partial charge is 0.324 e. The Kier molecular flexibility index (Phi) is 6.46. The molecule has 1 aliphatic carbocycles. The molecule has 0 atom stereocenters. The fourth-order valence-electron chi connectivity index (χ4n) is 4.20. The highest BCUT2D eigenvalue weighted by molar-refractivity contribution is 7.98. The number of aromatic nitrogens is 1. The number of nitrogens with zero attached hydrogens (tertiary/aromatic N) is 2. The molecule has 160 valence electrons. The van der Waals surface area contributed by atoms with Crippen LogP contribution in [0.15, 0.2) is 46.5 Å². The minimum absolute atomic E-state index is 0.0699. The molecule has 2 aromatic rings. The molecular formula is C22H27N3O3S2. The number of aryl methyl sites for hydroxylation is 2. The van der Waals surface area contributed by atoms with Gasteiger partial charge in [-0.2, -0.15) is 4.31 Å². The second-order valence-electron chi connectivity index (χ2n) is 7.89. The SMILES string of the molecule is CSc1ccc(NC(=O)C2CCN(S(=O)(=O)c3ccc4c(c3)CCCC4)CC2)cn1. The number of piperidine rings is 1. The maximum atomic E-state index is 13.1. The van der Waals surface area contributed by atoms with E-state index in [2.05, 4.69) is 10.3 Å². The summed E-state index contributed by atoms with van der Waals surface area (Å²) in [6.07, 6.45) is 8.92. The van der Waals surface area contributed by atoms with Crippen LogP contribution in [0.25, 0.3) is 0 Å². The molecule has 1 aromatic heterocycles. The smallest absolute Gasteiger partial charge is 0.243 e. The van der Waals surface area contributed by atoms with Gasteiger partial charge in [0.15, 0.2) is 0 Å². The first-order chi connectivity index (χ1) is 14.5. The molecule has 1 N–H and O–H groups in total. The van der Waals surface area contributed by atoms with Crippen LogP contribution < -0.4 is 5.32 Å². The van der Waals surface area contributed by atoms with Gasteiger partial charge in [-0.3, -0.25) is 4.79 Å². The number of pyridine rings is 1. The monoisotopic (exact) mass is 445 g/mol. The van der Waals surface area contributed by atoms with Crippen LogP contribution in [0, 0.1) is 5.92 Å². The van der Waals surface area contributed by atoms with Crippen LogP contribution in [0.5, 0.6) is 0 Å². The fourth-order valence-corrected chi connectivity index (χ4v) is 6.08. The molecule has 6 nitrogen and oxygen atoms in total. The van der Waals surface area contributed by atoms with E-state index in [4.69, 9.17) is 0 Å². The number of amides is 1. The summed E-state index contributed by atoms with van der Waals surface area (Å²) < 4.78 is 27.8. The van der Waals surface area contributed by atoms with Crippen molar-refractivity contribution in [3.8, 4) is 0 Å². The van der Waals surface area contributed by atoms with Gasteiger partial charge in [-0.15, -0.1) is 11.8 Å². The second-order valence-corrected chi connectivity index (χ2v) is 10.7. The van der Waals surface area contributed by atoms with Crippen molar-refractivity contribution in [1.29, 1.82) is 0 Å². The molecule has 0 spiro atoms. The highest BCUT2D eigenvalue weighted by Gasteiger charge is 2.32. The van der Waals surface area contributed by atoms with Gasteiger partial charge in [0.05, 0.1) is 21.8 Å². The molecule has 0 bridgehead atoms. The standard InChI is InChI=1S/C22H27N3O3S2/c1-29-21-9-7-19(15-23-21)24-22(26)17-10-12-25(13-11-17)30(27,28)20-8-6-16-4-2-3-5-18(16)14-20/h6-9,14-15,17H,2-5,10-13H2,1H3,(H,24,26). The Hall–Kier alpha value is -1.90. The third kappa shape index (κ3) is 4.55. The molecule has 1 aliphatic heterocycles. The number of anilines is 1. The molecule has 8 heteroatoms. The molecular weight excluding hydrogens is 418 g/mol.